The van der Waals surface area contributed by atoms with E-state index in [1.165, 1.54) is 70.6 Å². The van der Waals surface area contributed by atoms with Crippen molar-refractivity contribution < 1.29 is 42.1 Å². The number of esters is 2. The summed E-state index contributed by atoms with van der Waals surface area (Å²) in [5.41, 5.74) is 0. The van der Waals surface area contributed by atoms with Gasteiger partial charge in [0.05, 0.1) is 27.7 Å². The lowest BCUT2D eigenvalue weighted by Crippen LogP contribution is -2.37. The summed E-state index contributed by atoms with van der Waals surface area (Å²) in [4.78, 5) is 35.7. The molecular weight excluding hydrogens is 954 g/mol. The van der Waals surface area contributed by atoms with Gasteiger partial charge < -0.3 is 18.9 Å². The predicted octanol–water partition coefficient (Wildman–Crippen LogP) is 18.5. The largest absolute Gasteiger partial charge is 0.472 e. The molecule has 0 aromatic rings. The maximum atomic E-state index is 12.8. The molecule has 0 saturated heterocycles. The summed E-state index contributed by atoms with van der Waals surface area (Å²) in [6.45, 7) is 4.24. The first-order chi connectivity index (χ1) is 36.5. The van der Waals surface area contributed by atoms with Gasteiger partial charge >= 0.3 is 19.8 Å². The highest BCUT2D eigenvalue weighted by Crippen LogP contribution is 2.43. The quantitative estimate of drug-likeness (QED) is 0.0211. The van der Waals surface area contributed by atoms with Crippen LogP contribution in [0.5, 0.6) is 0 Å². The number of unbranched alkanes of at least 4 members (excludes halogenated alkanes) is 16. The first-order valence-electron chi connectivity index (χ1n) is 29.4. The smallest absolute Gasteiger partial charge is 0.462 e. The van der Waals surface area contributed by atoms with Gasteiger partial charge in [0.2, 0.25) is 0 Å². The maximum Gasteiger partial charge on any atom is 0.472 e. The van der Waals surface area contributed by atoms with E-state index in [1.54, 1.807) is 0 Å². The first kappa shape index (κ1) is 71.2. The van der Waals surface area contributed by atoms with E-state index in [-0.39, 0.29) is 32.0 Å². The molecule has 0 saturated carbocycles. The molecule has 0 bridgehead atoms. The van der Waals surface area contributed by atoms with Crippen LogP contribution in [0.25, 0.3) is 0 Å². The number of phosphoric ester groups is 1. The fourth-order valence-corrected chi connectivity index (χ4v) is 8.13. The summed E-state index contributed by atoms with van der Waals surface area (Å²) < 4.78 is 34.5. The molecule has 0 aromatic heterocycles. The monoisotopic (exact) mass is 1060 g/mol. The number of carbonyl (C=O) groups excluding carboxylic acids is 2. The topological polar surface area (TPSA) is 108 Å². The van der Waals surface area contributed by atoms with Gasteiger partial charge in [0.1, 0.15) is 19.8 Å². The lowest BCUT2D eigenvalue weighted by atomic mass is 10.1. The number of allylic oxidation sites excluding steroid dienone is 22. The minimum absolute atomic E-state index is 0.0152. The van der Waals surface area contributed by atoms with Crippen LogP contribution in [0.15, 0.2) is 134 Å². The van der Waals surface area contributed by atoms with Crippen molar-refractivity contribution in [2.45, 2.75) is 219 Å². The average molecular weight is 1060 g/mol. The third-order valence-electron chi connectivity index (χ3n) is 11.9. The van der Waals surface area contributed by atoms with Crippen LogP contribution in [-0.2, 0) is 32.7 Å². The SMILES string of the molecule is CC/C=C\C/C=C\C/C=C\C/C=C\C/C=C\C/C=C\C/C=C\C/C=C\C/C=C\C/C=C\CCCCC(=O)OC(COC(=O)CCCCCCCCC/C=C\CCCCCCCCC)COP(=O)(O)OCC[N+](C)(C)C. The van der Waals surface area contributed by atoms with E-state index in [4.69, 9.17) is 18.5 Å². The number of quaternary nitrogens is 1. The van der Waals surface area contributed by atoms with E-state index in [1.807, 2.05) is 21.1 Å². The Balaban J connectivity index is 4.30. The maximum absolute atomic E-state index is 12.8. The number of hydrogen-bond donors (Lipinski definition) is 1. The number of hydrogen-bond acceptors (Lipinski definition) is 7. The number of phosphoric acid groups is 1. The van der Waals surface area contributed by atoms with Gasteiger partial charge in [0, 0.05) is 12.8 Å². The predicted molar refractivity (Wildman–Crippen MR) is 320 cm³/mol. The molecule has 0 aliphatic carbocycles. The minimum Gasteiger partial charge on any atom is -0.462 e. The fraction of sp³-hybridized carbons (Fsp3) is 0.631. The molecule has 0 aromatic carbocycles. The van der Waals surface area contributed by atoms with Crippen molar-refractivity contribution in [3.05, 3.63) is 134 Å². The fourth-order valence-electron chi connectivity index (χ4n) is 7.39. The average Bonchev–Trinajstić information content (AvgIpc) is 3.37. The number of rotatable bonds is 52. The molecule has 10 heteroatoms. The van der Waals surface area contributed by atoms with E-state index in [0.717, 1.165) is 109 Å². The summed E-state index contributed by atoms with van der Waals surface area (Å²) >= 11 is 0. The number of ether oxygens (including phenoxy) is 2. The molecule has 0 radical (unpaired) electrons. The Bertz CT molecular complexity index is 1730. The number of likely N-dealkylation sites (N-methyl/N-ethyl adjacent to an activating group) is 1. The molecule has 1 N–H and O–H groups in total. The highest BCUT2D eigenvalue weighted by molar-refractivity contribution is 7.47. The molecule has 0 spiro atoms. The molecule has 0 heterocycles. The lowest BCUT2D eigenvalue weighted by molar-refractivity contribution is -0.870. The summed E-state index contributed by atoms with van der Waals surface area (Å²) in [7, 11) is 1.43. The van der Waals surface area contributed by atoms with Gasteiger partial charge in [0.15, 0.2) is 6.10 Å². The Morgan fingerprint density at radius 2 is 0.760 bits per heavy atom. The Hall–Kier alpha value is -3.85. The zero-order valence-electron chi connectivity index (χ0n) is 48.2. The van der Waals surface area contributed by atoms with Crippen molar-refractivity contribution >= 4 is 19.8 Å². The van der Waals surface area contributed by atoms with Gasteiger partial charge in [-0.25, -0.2) is 4.57 Å². The summed E-state index contributed by atoms with van der Waals surface area (Å²) in [5.74, 6) is -0.862. The van der Waals surface area contributed by atoms with Crippen LogP contribution >= 0.6 is 7.82 Å². The van der Waals surface area contributed by atoms with Crippen LogP contribution in [0.1, 0.15) is 213 Å². The summed E-state index contributed by atoms with van der Waals surface area (Å²) in [5, 5.41) is 0. The Kier molecular flexibility index (Phi) is 52.1. The molecule has 75 heavy (non-hydrogen) atoms. The second-order valence-electron chi connectivity index (χ2n) is 20.3. The van der Waals surface area contributed by atoms with E-state index in [0.29, 0.717) is 17.4 Å². The second kappa shape index (κ2) is 54.9. The minimum atomic E-state index is -4.41. The van der Waals surface area contributed by atoms with Gasteiger partial charge in [0.25, 0.3) is 0 Å². The first-order valence-corrected chi connectivity index (χ1v) is 30.9. The van der Waals surface area contributed by atoms with Crippen molar-refractivity contribution in [2.75, 3.05) is 47.5 Å². The summed E-state index contributed by atoms with van der Waals surface area (Å²) in [6.07, 6.45) is 79.5. The summed E-state index contributed by atoms with van der Waals surface area (Å²) in [6, 6.07) is 0. The molecule has 426 valence electrons. The van der Waals surface area contributed by atoms with E-state index in [2.05, 4.69) is 148 Å². The molecule has 0 aliphatic heterocycles. The highest BCUT2D eigenvalue weighted by atomic mass is 31.2. The molecule has 0 amide bonds. The van der Waals surface area contributed by atoms with Gasteiger partial charge in [-0.15, -0.1) is 0 Å². The van der Waals surface area contributed by atoms with Crippen molar-refractivity contribution in [1.29, 1.82) is 0 Å². The van der Waals surface area contributed by atoms with Crippen LogP contribution in [0.3, 0.4) is 0 Å². The van der Waals surface area contributed by atoms with Crippen molar-refractivity contribution in [3.8, 4) is 0 Å². The number of nitrogens with zero attached hydrogens (tertiary/aromatic N) is 1. The third-order valence-corrected chi connectivity index (χ3v) is 12.9. The molecule has 2 atom stereocenters. The molecular formula is C65H109NO8P+. The third kappa shape index (κ3) is 59.3. The van der Waals surface area contributed by atoms with E-state index < -0.39 is 26.5 Å². The van der Waals surface area contributed by atoms with Crippen LogP contribution in [0.2, 0.25) is 0 Å². The van der Waals surface area contributed by atoms with Gasteiger partial charge in [-0.3, -0.25) is 18.6 Å². The van der Waals surface area contributed by atoms with Crippen LogP contribution < -0.4 is 0 Å². The van der Waals surface area contributed by atoms with Gasteiger partial charge in [-0.2, -0.15) is 0 Å². The zero-order chi connectivity index (χ0) is 54.9. The molecule has 9 nitrogen and oxygen atoms in total. The normalized spacial score (nSPS) is 14.3. The molecule has 0 fully saturated rings. The lowest BCUT2D eigenvalue weighted by Gasteiger charge is -2.24. The molecule has 0 rings (SSSR count). The number of carbonyl (C=O) groups is 2. The zero-order valence-corrected chi connectivity index (χ0v) is 49.1. The van der Waals surface area contributed by atoms with Gasteiger partial charge in [-0.1, -0.05) is 218 Å². The van der Waals surface area contributed by atoms with Crippen molar-refractivity contribution in [2.24, 2.45) is 0 Å². The standard InChI is InChI=1S/C65H108NO8P/c1-6-8-10-12-14-16-18-20-22-24-26-27-28-29-30-31-32-33-34-35-36-37-38-39-40-42-44-46-48-50-52-54-56-58-65(68)74-63(62-73-75(69,70)72-60-59-66(3,4)5)61-71-64(67)57-55-53-51-49-47-45-43-41-25-23-21-19-17-15-13-11-9-7-2/h8,10,14,16,20,22-23,25-27,29-30,32-33,35-36,38-39,42,44,48,50,63H,6-7,9,11-13,15,17-19,21,24,28,31,34,37,40-41,43,45-47,49,51-62H2,1-5H3/p+1/b10-8-,16-14-,22-20-,25-23-,27-26-,30-29-,33-32-,36-35-,39-38-,44-42-,50-48-. The Morgan fingerprint density at radius 1 is 0.427 bits per heavy atom. The van der Waals surface area contributed by atoms with E-state index in [9.17, 15) is 19.0 Å². The molecule has 0 aliphatic rings. The Labute approximate surface area is 460 Å². The Morgan fingerprint density at radius 3 is 1.17 bits per heavy atom. The van der Waals surface area contributed by atoms with Crippen LogP contribution in [0.4, 0.5) is 0 Å². The highest BCUT2D eigenvalue weighted by Gasteiger charge is 2.27. The van der Waals surface area contributed by atoms with Crippen molar-refractivity contribution in [3.63, 3.8) is 0 Å². The van der Waals surface area contributed by atoms with Crippen molar-refractivity contribution in [1.82, 2.24) is 0 Å². The van der Waals surface area contributed by atoms with Crippen LogP contribution in [0, 0.1) is 0 Å². The second-order valence-corrected chi connectivity index (χ2v) is 21.7. The van der Waals surface area contributed by atoms with E-state index >= 15 is 0 Å². The molecule has 2 unspecified atom stereocenters. The van der Waals surface area contributed by atoms with Crippen LogP contribution in [-0.4, -0.2) is 74.9 Å². The van der Waals surface area contributed by atoms with Gasteiger partial charge in [-0.05, 0) is 116 Å².